The van der Waals surface area contributed by atoms with Crippen molar-refractivity contribution in [2.45, 2.75) is 18.4 Å². The highest BCUT2D eigenvalue weighted by Gasteiger charge is 2.16. The van der Waals surface area contributed by atoms with Crippen molar-refractivity contribution in [3.8, 4) is 5.75 Å². The van der Waals surface area contributed by atoms with Gasteiger partial charge in [0, 0.05) is 5.56 Å². The minimum atomic E-state index is -3.90. The molecule has 4 nitrogen and oxygen atoms in total. The first-order chi connectivity index (χ1) is 9.77. The molecular weight excluding hydrogens is 317 g/mol. The van der Waals surface area contributed by atoms with Crippen molar-refractivity contribution >= 4 is 21.6 Å². The van der Waals surface area contributed by atoms with Gasteiger partial charge in [0.25, 0.3) is 0 Å². The molecule has 0 heterocycles. The van der Waals surface area contributed by atoms with Gasteiger partial charge in [-0.1, -0.05) is 23.7 Å². The van der Waals surface area contributed by atoms with Crippen LogP contribution in [0.5, 0.6) is 5.75 Å². The first-order valence-corrected chi connectivity index (χ1v) is 7.90. The molecule has 2 rings (SSSR count). The Morgan fingerprint density at radius 3 is 2.57 bits per heavy atom. The monoisotopic (exact) mass is 329 g/mol. The number of rotatable bonds is 4. The number of halogens is 2. The molecule has 112 valence electrons. The summed E-state index contributed by atoms with van der Waals surface area (Å²) >= 11 is 5.89. The van der Waals surface area contributed by atoms with Crippen molar-refractivity contribution in [1.82, 2.24) is 0 Å². The van der Waals surface area contributed by atoms with E-state index in [0.29, 0.717) is 5.56 Å². The average Bonchev–Trinajstić information content (AvgIpc) is 2.38. The Kier molecular flexibility index (Phi) is 4.51. The fraction of sp³-hybridized carbons (Fsp3) is 0.143. The second-order valence-corrected chi connectivity index (χ2v) is 6.46. The number of primary sulfonamides is 1. The molecule has 0 amide bonds. The lowest BCUT2D eigenvalue weighted by atomic mass is 10.2. The number of sulfonamides is 1. The Hall–Kier alpha value is -1.63. The molecule has 0 saturated heterocycles. The topological polar surface area (TPSA) is 69.4 Å². The summed E-state index contributed by atoms with van der Waals surface area (Å²) in [5.41, 5.74) is 1.28. The third-order valence-corrected chi connectivity index (χ3v) is 4.09. The molecule has 21 heavy (non-hydrogen) atoms. The number of hydrogen-bond donors (Lipinski definition) is 1. The van der Waals surface area contributed by atoms with E-state index < -0.39 is 15.8 Å². The van der Waals surface area contributed by atoms with Gasteiger partial charge in [-0.05, 0) is 36.8 Å². The number of hydrogen-bond acceptors (Lipinski definition) is 3. The van der Waals surface area contributed by atoms with Crippen LogP contribution in [0.25, 0.3) is 0 Å². The number of benzene rings is 2. The van der Waals surface area contributed by atoms with E-state index in [1.165, 1.54) is 24.3 Å². The zero-order valence-corrected chi connectivity index (χ0v) is 12.7. The first-order valence-electron chi connectivity index (χ1n) is 5.97. The fourth-order valence-electron chi connectivity index (χ4n) is 1.75. The van der Waals surface area contributed by atoms with Gasteiger partial charge in [-0.15, -0.1) is 0 Å². The molecule has 0 saturated carbocycles. The van der Waals surface area contributed by atoms with E-state index in [1.807, 2.05) is 0 Å². The Labute approximate surface area is 127 Å². The summed E-state index contributed by atoms with van der Waals surface area (Å²) in [7, 11) is -3.90. The summed E-state index contributed by atoms with van der Waals surface area (Å²) in [6, 6.07) is 8.54. The van der Waals surface area contributed by atoms with Crippen molar-refractivity contribution in [2.75, 3.05) is 0 Å². The molecule has 0 aliphatic rings. The highest BCUT2D eigenvalue weighted by atomic mass is 35.5. The third-order valence-electron chi connectivity index (χ3n) is 2.80. The second-order valence-electron chi connectivity index (χ2n) is 4.52. The van der Waals surface area contributed by atoms with Gasteiger partial charge in [0.2, 0.25) is 10.0 Å². The molecule has 0 unspecified atom stereocenters. The van der Waals surface area contributed by atoms with Crippen LogP contribution in [0.2, 0.25) is 5.02 Å². The van der Waals surface area contributed by atoms with Crippen LogP contribution in [0.15, 0.2) is 41.3 Å². The van der Waals surface area contributed by atoms with E-state index in [9.17, 15) is 12.8 Å². The molecule has 0 aromatic heterocycles. The highest BCUT2D eigenvalue weighted by molar-refractivity contribution is 7.89. The van der Waals surface area contributed by atoms with E-state index in [1.54, 1.807) is 13.0 Å². The summed E-state index contributed by atoms with van der Waals surface area (Å²) < 4.78 is 41.5. The third kappa shape index (κ3) is 3.93. The maximum Gasteiger partial charge on any atom is 0.241 e. The Morgan fingerprint density at radius 2 is 1.95 bits per heavy atom. The molecule has 0 radical (unpaired) electrons. The predicted molar refractivity (Wildman–Crippen MR) is 78.3 cm³/mol. The summed E-state index contributed by atoms with van der Waals surface area (Å²) in [5, 5.41) is 5.37. The van der Waals surface area contributed by atoms with E-state index in [2.05, 4.69) is 0 Å². The van der Waals surface area contributed by atoms with Crippen LogP contribution in [0, 0.1) is 12.7 Å². The van der Waals surface area contributed by atoms with Gasteiger partial charge in [0.05, 0.1) is 5.02 Å². The molecular formula is C14H13ClFNO3S. The van der Waals surface area contributed by atoms with Crippen molar-refractivity contribution in [2.24, 2.45) is 5.14 Å². The lowest BCUT2D eigenvalue weighted by Crippen LogP contribution is -2.14. The molecule has 0 spiro atoms. The largest absolute Gasteiger partial charge is 0.487 e. The van der Waals surface area contributed by atoms with Gasteiger partial charge in [-0.2, -0.15) is 0 Å². The summed E-state index contributed by atoms with van der Waals surface area (Å²) in [5.74, 6) is -0.326. The van der Waals surface area contributed by atoms with Gasteiger partial charge in [0.15, 0.2) is 0 Å². The maximum absolute atomic E-state index is 13.0. The molecule has 2 aromatic rings. The van der Waals surface area contributed by atoms with Gasteiger partial charge in [-0.25, -0.2) is 17.9 Å². The minimum Gasteiger partial charge on any atom is -0.487 e. The standard InChI is InChI=1S/C14H13ClFNO3S/c1-9-2-5-13(14(6-9)21(17,18)19)20-8-10-3-4-11(16)7-12(10)15/h2-7H,8H2,1H3,(H2,17,18,19). The normalized spacial score (nSPS) is 11.4. The van der Waals surface area contributed by atoms with E-state index in [4.69, 9.17) is 21.5 Å². The van der Waals surface area contributed by atoms with Crippen molar-refractivity contribution in [1.29, 1.82) is 0 Å². The lowest BCUT2D eigenvalue weighted by Gasteiger charge is -2.12. The number of ether oxygens (including phenoxy) is 1. The fourth-order valence-corrected chi connectivity index (χ4v) is 2.73. The quantitative estimate of drug-likeness (QED) is 0.937. The molecule has 2 aromatic carbocycles. The SMILES string of the molecule is Cc1ccc(OCc2ccc(F)cc2Cl)c(S(N)(=O)=O)c1. The highest BCUT2D eigenvalue weighted by Crippen LogP contribution is 2.26. The molecule has 0 atom stereocenters. The van der Waals surface area contributed by atoms with Crippen LogP contribution in [0.1, 0.15) is 11.1 Å². The Bertz CT molecular complexity index is 778. The van der Waals surface area contributed by atoms with Crippen molar-refractivity contribution < 1.29 is 17.5 Å². The Morgan fingerprint density at radius 1 is 1.24 bits per heavy atom. The number of aryl methyl sites for hydroxylation is 1. The van der Waals surface area contributed by atoms with Crippen molar-refractivity contribution in [3.05, 3.63) is 58.4 Å². The van der Waals surface area contributed by atoms with E-state index >= 15 is 0 Å². The molecule has 0 fully saturated rings. The summed E-state index contributed by atoms with van der Waals surface area (Å²) in [6.07, 6.45) is 0. The van der Waals surface area contributed by atoms with E-state index in [-0.39, 0.29) is 22.3 Å². The average molecular weight is 330 g/mol. The number of nitrogens with two attached hydrogens (primary N) is 1. The molecule has 7 heteroatoms. The zero-order valence-electron chi connectivity index (χ0n) is 11.1. The van der Waals surface area contributed by atoms with Crippen LogP contribution < -0.4 is 9.88 Å². The molecule has 2 N–H and O–H groups in total. The summed E-state index contributed by atoms with van der Waals surface area (Å²) in [4.78, 5) is -0.0965. The Balaban J connectivity index is 2.28. The zero-order chi connectivity index (χ0) is 15.6. The first kappa shape index (κ1) is 15.8. The maximum atomic E-state index is 13.0. The summed E-state index contributed by atoms with van der Waals surface area (Å²) in [6.45, 7) is 1.75. The van der Waals surface area contributed by atoms with Crippen LogP contribution in [0.3, 0.4) is 0 Å². The molecule has 0 aliphatic carbocycles. The van der Waals surface area contributed by atoms with Gasteiger partial charge in [0.1, 0.15) is 23.1 Å². The lowest BCUT2D eigenvalue weighted by molar-refractivity contribution is 0.298. The van der Waals surface area contributed by atoms with Crippen LogP contribution >= 0.6 is 11.6 Å². The van der Waals surface area contributed by atoms with Gasteiger partial charge < -0.3 is 4.74 Å². The van der Waals surface area contributed by atoms with Gasteiger partial charge >= 0.3 is 0 Å². The van der Waals surface area contributed by atoms with Gasteiger partial charge in [-0.3, -0.25) is 0 Å². The molecule has 0 aliphatic heterocycles. The van der Waals surface area contributed by atoms with Crippen LogP contribution in [0.4, 0.5) is 4.39 Å². The predicted octanol–water partition coefficient (Wildman–Crippen LogP) is 3.01. The smallest absolute Gasteiger partial charge is 0.241 e. The second kappa shape index (κ2) is 6.01. The van der Waals surface area contributed by atoms with Crippen molar-refractivity contribution in [3.63, 3.8) is 0 Å². The van der Waals surface area contributed by atoms with Crippen LogP contribution in [-0.2, 0) is 16.6 Å². The van der Waals surface area contributed by atoms with Crippen LogP contribution in [-0.4, -0.2) is 8.42 Å². The van der Waals surface area contributed by atoms with E-state index in [0.717, 1.165) is 11.6 Å². The molecule has 0 bridgehead atoms. The minimum absolute atomic E-state index is 0.00466.